The van der Waals surface area contributed by atoms with Crippen molar-refractivity contribution in [2.75, 3.05) is 9.91 Å². The van der Waals surface area contributed by atoms with Crippen LogP contribution >= 0.6 is 11.6 Å². The standard InChI is InChI=1S/C20H17ClN4O2/c1-11-5-7-15(10-16(11)21)25-18-17(22-23-25)19(26)24(20(18)27)14-8-6-12-3-2-4-13(12)9-14/h5-10,17-18H,2-4H2,1H3. The molecular weight excluding hydrogens is 364 g/mol. The van der Waals surface area contributed by atoms with Gasteiger partial charge in [-0.1, -0.05) is 29.0 Å². The smallest absolute Gasteiger partial charge is 0.263 e. The molecule has 2 atom stereocenters. The van der Waals surface area contributed by atoms with Gasteiger partial charge in [0, 0.05) is 5.02 Å². The van der Waals surface area contributed by atoms with Gasteiger partial charge in [-0.2, -0.15) is 5.11 Å². The zero-order valence-electron chi connectivity index (χ0n) is 14.7. The van der Waals surface area contributed by atoms with Crippen molar-refractivity contribution in [1.82, 2.24) is 0 Å². The number of rotatable bonds is 2. The van der Waals surface area contributed by atoms with E-state index in [1.165, 1.54) is 21.0 Å². The van der Waals surface area contributed by atoms with Crippen molar-refractivity contribution in [2.45, 2.75) is 38.3 Å². The summed E-state index contributed by atoms with van der Waals surface area (Å²) in [5.74, 6) is -0.628. The first-order valence-corrected chi connectivity index (χ1v) is 9.38. The van der Waals surface area contributed by atoms with Crippen molar-refractivity contribution in [1.29, 1.82) is 0 Å². The molecule has 0 radical (unpaired) electrons. The molecule has 7 heteroatoms. The van der Waals surface area contributed by atoms with E-state index in [-0.39, 0.29) is 11.8 Å². The van der Waals surface area contributed by atoms with Gasteiger partial charge < -0.3 is 0 Å². The summed E-state index contributed by atoms with van der Waals surface area (Å²) in [6.07, 6.45) is 3.15. The van der Waals surface area contributed by atoms with Gasteiger partial charge in [0.25, 0.3) is 11.8 Å². The Morgan fingerprint density at radius 3 is 2.59 bits per heavy atom. The van der Waals surface area contributed by atoms with E-state index in [0.29, 0.717) is 16.4 Å². The number of anilines is 2. The van der Waals surface area contributed by atoms with Crippen LogP contribution in [0.1, 0.15) is 23.1 Å². The second kappa shape index (κ2) is 5.89. The van der Waals surface area contributed by atoms with Gasteiger partial charge in [-0.3, -0.25) is 9.59 Å². The van der Waals surface area contributed by atoms with E-state index >= 15 is 0 Å². The van der Waals surface area contributed by atoms with Crippen LogP contribution in [0.2, 0.25) is 5.02 Å². The van der Waals surface area contributed by atoms with Crippen LogP contribution in [-0.4, -0.2) is 23.9 Å². The summed E-state index contributed by atoms with van der Waals surface area (Å²) in [5, 5.41) is 10.2. The molecule has 0 aromatic heterocycles. The molecule has 0 N–H and O–H groups in total. The summed E-state index contributed by atoms with van der Waals surface area (Å²) in [6.45, 7) is 1.90. The molecule has 1 aliphatic carbocycles. The highest BCUT2D eigenvalue weighted by Crippen LogP contribution is 2.37. The Bertz CT molecular complexity index is 1020. The maximum Gasteiger partial charge on any atom is 0.263 e. The Hall–Kier alpha value is -2.73. The fraction of sp³-hybridized carbons (Fsp3) is 0.300. The summed E-state index contributed by atoms with van der Waals surface area (Å²) in [4.78, 5) is 27.3. The van der Waals surface area contributed by atoms with Crippen LogP contribution in [-0.2, 0) is 22.4 Å². The first-order valence-electron chi connectivity index (χ1n) is 9.00. The molecule has 1 saturated heterocycles. The molecule has 2 unspecified atom stereocenters. The maximum absolute atomic E-state index is 13.1. The maximum atomic E-state index is 13.1. The van der Waals surface area contributed by atoms with Crippen LogP contribution in [0.5, 0.6) is 0 Å². The van der Waals surface area contributed by atoms with E-state index in [9.17, 15) is 9.59 Å². The van der Waals surface area contributed by atoms with E-state index in [2.05, 4.69) is 10.3 Å². The Morgan fingerprint density at radius 2 is 1.78 bits per heavy atom. The number of carbonyl (C=O) groups excluding carboxylic acids is 2. The fourth-order valence-electron chi connectivity index (χ4n) is 4.05. The van der Waals surface area contributed by atoms with E-state index in [4.69, 9.17) is 11.6 Å². The molecule has 6 nitrogen and oxygen atoms in total. The minimum atomic E-state index is -0.814. The molecule has 2 aliphatic heterocycles. The lowest BCUT2D eigenvalue weighted by Gasteiger charge is -2.21. The molecule has 2 heterocycles. The topological polar surface area (TPSA) is 65.3 Å². The normalized spacial score (nSPS) is 23.3. The number of imide groups is 1. The number of carbonyl (C=O) groups is 2. The molecule has 1 fully saturated rings. The lowest BCUT2D eigenvalue weighted by atomic mass is 10.1. The van der Waals surface area contributed by atoms with E-state index in [1.807, 2.05) is 37.3 Å². The predicted molar refractivity (Wildman–Crippen MR) is 102 cm³/mol. The first kappa shape index (κ1) is 16.4. The van der Waals surface area contributed by atoms with Gasteiger partial charge >= 0.3 is 0 Å². The molecule has 0 spiro atoms. The summed E-state index contributed by atoms with van der Waals surface area (Å²) < 4.78 is 0. The number of benzene rings is 2. The molecule has 2 aromatic carbocycles. The lowest BCUT2D eigenvalue weighted by Crippen LogP contribution is -2.40. The largest absolute Gasteiger partial charge is 0.271 e. The van der Waals surface area contributed by atoms with Crippen LogP contribution in [0, 0.1) is 6.92 Å². The van der Waals surface area contributed by atoms with E-state index < -0.39 is 12.1 Å². The van der Waals surface area contributed by atoms with Crippen molar-refractivity contribution in [3.05, 3.63) is 58.1 Å². The second-order valence-corrected chi connectivity index (χ2v) is 7.60. The third kappa shape index (κ3) is 2.40. The predicted octanol–water partition coefficient (Wildman–Crippen LogP) is 3.63. The molecule has 2 aromatic rings. The van der Waals surface area contributed by atoms with Crippen LogP contribution in [0.4, 0.5) is 11.4 Å². The Kier molecular flexibility index (Phi) is 3.59. The van der Waals surface area contributed by atoms with Crippen molar-refractivity contribution in [3.63, 3.8) is 0 Å². The molecule has 0 bridgehead atoms. The number of hydrogen-bond donors (Lipinski definition) is 0. The average molecular weight is 381 g/mol. The number of fused-ring (bicyclic) bond motifs is 2. The SMILES string of the molecule is Cc1ccc(N2N=NC3C(=O)N(c4ccc5c(c4)CCC5)C(=O)C32)cc1Cl. The third-order valence-corrected chi connectivity index (χ3v) is 5.95. The summed E-state index contributed by atoms with van der Waals surface area (Å²) >= 11 is 6.22. The summed E-state index contributed by atoms with van der Waals surface area (Å²) in [5.41, 5.74) is 4.72. The third-order valence-electron chi connectivity index (χ3n) is 5.54. The highest BCUT2D eigenvalue weighted by molar-refractivity contribution is 6.31. The first-order chi connectivity index (χ1) is 13.0. The van der Waals surface area contributed by atoms with Crippen LogP contribution in [0.15, 0.2) is 46.7 Å². The lowest BCUT2D eigenvalue weighted by molar-refractivity contribution is -0.121. The molecule has 0 saturated carbocycles. The van der Waals surface area contributed by atoms with Gasteiger partial charge in [0.05, 0.1) is 11.4 Å². The Labute approximate surface area is 161 Å². The second-order valence-electron chi connectivity index (χ2n) is 7.19. The number of aryl methyl sites for hydroxylation is 3. The van der Waals surface area contributed by atoms with Crippen molar-refractivity contribution < 1.29 is 9.59 Å². The van der Waals surface area contributed by atoms with Crippen LogP contribution in [0.25, 0.3) is 0 Å². The molecular formula is C20H17ClN4O2. The minimum absolute atomic E-state index is 0.301. The Balaban J connectivity index is 1.50. The molecule has 27 heavy (non-hydrogen) atoms. The zero-order chi connectivity index (χ0) is 18.7. The van der Waals surface area contributed by atoms with E-state index in [0.717, 1.165) is 24.8 Å². The van der Waals surface area contributed by atoms with Crippen LogP contribution < -0.4 is 9.91 Å². The van der Waals surface area contributed by atoms with E-state index in [1.54, 1.807) is 6.07 Å². The van der Waals surface area contributed by atoms with Crippen molar-refractivity contribution >= 4 is 34.8 Å². The summed E-state index contributed by atoms with van der Waals surface area (Å²) in [7, 11) is 0. The fourth-order valence-corrected chi connectivity index (χ4v) is 4.22. The Morgan fingerprint density at radius 1 is 1.00 bits per heavy atom. The quantitative estimate of drug-likeness (QED) is 0.747. The number of amides is 2. The minimum Gasteiger partial charge on any atom is -0.271 e. The molecule has 5 rings (SSSR count). The van der Waals surface area contributed by atoms with Crippen LogP contribution in [0.3, 0.4) is 0 Å². The van der Waals surface area contributed by atoms with Crippen molar-refractivity contribution in [2.24, 2.45) is 10.3 Å². The van der Waals surface area contributed by atoms with Gasteiger partial charge in [-0.25, -0.2) is 9.91 Å². The number of halogens is 1. The van der Waals surface area contributed by atoms with Gasteiger partial charge in [0.1, 0.15) is 0 Å². The zero-order valence-corrected chi connectivity index (χ0v) is 15.5. The van der Waals surface area contributed by atoms with Crippen molar-refractivity contribution in [3.8, 4) is 0 Å². The highest BCUT2D eigenvalue weighted by Gasteiger charge is 2.55. The average Bonchev–Trinajstić information content (AvgIpc) is 3.34. The molecule has 136 valence electrons. The number of nitrogens with zero attached hydrogens (tertiary/aromatic N) is 4. The molecule has 2 amide bonds. The van der Waals surface area contributed by atoms with Gasteiger partial charge in [-0.05, 0) is 67.1 Å². The highest BCUT2D eigenvalue weighted by atomic mass is 35.5. The molecule has 3 aliphatic rings. The monoisotopic (exact) mass is 380 g/mol. The van der Waals surface area contributed by atoms with Gasteiger partial charge in [0.15, 0.2) is 12.1 Å². The number of hydrogen-bond acceptors (Lipinski definition) is 5. The summed E-state index contributed by atoms with van der Waals surface area (Å²) in [6, 6.07) is 9.70. The van der Waals surface area contributed by atoms with Gasteiger partial charge in [0.2, 0.25) is 0 Å². The van der Waals surface area contributed by atoms with Gasteiger partial charge in [-0.15, -0.1) is 0 Å².